The van der Waals surface area contributed by atoms with Crippen LogP contribution in [0.25, 0.3) is 11.1 Å². The summed E-state index contributed by atoms with van der Waals surface area (Å²) in [5, 5.41) is 12.7. The molecule has 0 spiro atoms. The monoisotopic (exact) mass is 471 g/mol. The number of carbonyl (C=O) groups excluding carboxylic acids is 2. The molecule has 0 bridgehead atoms. The van der Waals surface area contributed by atoms with E-state index in [1.54, 1.807) is 13.2 Å². The number of piperazine rings is 1. The summed E-state index contributed by atoms with van der Waals surface area (Å²) in [6.45, 7) is 4.23. The lowest BCUT2D eigenvalue weighted by molar-refractivity contribution is -0.134. The van der Waals surface area contributed by atoms with E-state index in [4.69, 9.17) is 16.1 Å². The number of ether oxygens (including phenoxy) is 1. The van der Waals surface area contributed by atoms with Crippen LogP contribution in [0.5, 0.6) is 0 Å². The Hall–Kier alpha value is -3.88. The van der Waals surface area contributed by atoms with Crippen LogP contribution in [0.2, 0.25) is 0 Å². The molecule has 2 heterocycles. The molecule has 8 heteroatoms. The molecule has 1 aromatic heterocycles. The lowest BCUT2D eigenvalue weighted by Gasteiger charge is -2.41. The summed E-state index contributed by atoms with van der Waals surface area (Å²) in [5.74, 6) is 2.64. The van der Waals surface area contributed by atoms with Crippen molar-refractivity contribution in [2.24, 2.45) is 0 Å². The first-order valence-electron chi connectivity index (χ1n) is 11.8. The molecule has 4 rings (SSSR count). The molecule has 1 saturated carbocycles. The van der Waals surface area contributed by atoms with Crippen molar-refractivity contribution in [2.75, 3.05) is 43.6 Å². The number of methoxy groups -OCH3 is 1. The summed E-state index contributed by atoms with van der Waals surface area (Å²) in [6, 6.07) is 11.6. The van der Waals surface area contributed by atoms with Crippen molar-refractivity contribution in [3.05, 3.63) is 41.6 Å². The minimum atomic E-state index is -0.510. The number of terminal acetylenes is 1. The van der Waals surface area contributed by atoms with Gasteiger partial charge in [0.1, 0.15) is 11.9 Å². The summed E-state index contributed by atoms with van der Waals surface area (Å²) in [7, 11) is 1.59. The smallest absolute Gasteiger partial charge is 0.300 e. The standard InChI is InChI=1S/C27H29N5O3/c1-4-24(33)29-22-7-5-6-20(14-22)23-15-21(16-28)27(30-26(23)19-8-9-19)31-11-12-32(18(2)17-31)25(34)10-13-35-3/h1,5-7,14-15,18-19H,8-13,17H2,2-3H3,(H,29,33). The minimum Gasteiger partial charge on any atom is -0.384 e. The van der Waals surface area contributed by atoms with Crippen molar-refractivity contribution in [1.29, 1.82) is 5.26 Å². The fourth-order valence-electron chi connectivity index (χ4n) is 4.53. The van der Waals surface area contributed by atoms with Crippen LogP contribution in [0, 0.1) is 23.7 Å². The van der Waals surface area contributed by atoms with E-state index in [1.807, 2.05) is 36.1 Å². The summed E-state index contributed by atoms with van der Waals surface area (Å²) >= 11 is 0. The van der Waals surface area contributed by atoms with Gasteiger partial charge in [-0.15, -0.1) is 6.42 Å². The highest BCUT2D eigenvalue weighted by Gasteiger charge is 2.33. The number of hydrogen-bond donors (Lipinski definition) is 1. The Morgan fingerprint density at radius 3 is 2.74 bits per heavy atom. The van der Waals surface area contributed by atoms with Crippen LogP contribution in [-0.2, 0) is 14.3 Å². The van der Waals surface area contributed by atoms with E-state index in [1.165, 1.54) is 0 Å². The zero-order valence-corrected chi connectivity index (χ0v) is 20.1. The third-order valence-corrected chi connectivity index (χ3v) is 6.45. The number of aromatic nitrogens is 1. The molecular weight excluding hydrogens is 442 g/mol. The van der Waals surface area contributed by atoms with Crippen LogP contribution in [0.4, 0.5) is 11.5 Å². The SMILES string of the molecule is C#CC(=O)Nc1cccc(-c2cc(C#N)c(N3CCN(C(=O)CCOC)C(C)C3)nc2C2CC2)c1. The van der Waals surface area contributed by atoms with Crippen LogP contribution >= 0.6 is 0 Å². The van der Waals surface area contributed by atoms with Crippen molar-refractivity contribution >= 4 is 23.3 Å². The molecule has 2 amide bonds. The Morgan fingerprint density at radius 1 is 1.29 bits per heavy atom. The molecule has 2 aliphatic rings. The van der Waals surface area contributed by atoms with Gasteiger partial charge in [-0.05, 0) is 49.4 Å². The van der Waals surface area contributed by atoms with Gasteiger partial charge in [0.25, 0.3) is 5.91 Å². The number of benzene rings is 1. The molecule has 1 saturated heterocycles. The van der Waals surface area contributed by atoms with E-state index in [2.05, 4.69) is 22.2 Å². The normalized spacial score (nSPS) is 17.4. The molecule has 1 atom stereocenters. The van der Waals surface area contributed by atoms with Crippen molar-refractivity contribution < 1.29 is 14.3 Å². The molecule has 1 aromatic carbocycles. The van der Waals surface area contributed by atoms with Crippen molar-refractivity contribution in [2.45, 2.75) is 38.1 Å². The van der Waals surface area contributed by atoms with Gasteiger partial charge in [0.15, 0.2) is 0 Å². The average molecular weight is 472 g/mol. The minimum absolute atomic E-state index is 0.00180. The predicted octanol–water partition coefficient (Wildman–Crippen LogP) is 3.14. The van der Waals surface area contributed by atoms with Crippen molar-refractivity contribution in [3.8, 4) is 29.5 Å². The van der Waals surface area contributed by atoms with E-state index in [0.717, 1.165) is 29.7 Å². The Kier molecular flexibility index (Phi) is 7.33. The summed E-state index contributed by atoms with van der Waals surface area (Å²) in [4.78, 5) is 33.2. The van der Waals surface area contributed by atoms with Gasteiger partial charge in [-0.3, -0.25) is 9.59 Å². The second kappa shape index (κ2) is 10.6. The quantitative estimate of drug-likeness (QED) is 0.623. The van der Waals surface area contributed by atoms with Gasteiger partial charge in [-0.2, -0.15) is 5.26 Å². The van der Waals surface area contributed by atoms with Gasteiger partial charge in [0.05, 0.1) is 24.3 Å². The largest absolute Gasteiger partial charge is 0.384 e. The zero-order chi connectivity index (χ0) is 24.9. The molecule has 1 aliphatic heterocycles. The molecule has 180 valence electrons. The summed E-state index contributed by atoms with van der Waals surface area (Å²) in [5.41, 5.74) is 3.82. The predicted molar refractivity (Wildman–Crippen MR) is 134 cm³/mol. The number of nitrogens with one attached hydrogen (secondary N) is 1. The van der Waals surface area contributed by atoms with Gasteiger partial charge in [0, 0.05) is 50.0 Å². The van der Waals surface area contributed by atoms with E-state index in [9.17, 15) is 14.9 Å². The van der Waals surface area contributed by atoms with E-state index in [0.29, 0.717) is 55.6 Å². The molecule has 1 aliphatic carbocycles. The third kappa shape index (κ3) is 5.45. The number of carbonyl (C=O) groups is 2. The third-order valence-electron chi connectivity index (χ3n) is 6.45. The van der Waals surface area contributed by atoms with Crippen molar-refractivity contribution in [3.63, 3.8) is 0 Å². The van der Waals surface area contributed by atoms with Gasteiger partial charge in [-0.1, -0.05) is 12.1 Å². The molecule has 0 radical (unpaired) electrons. The number of pyridine rings is 1. The van der Waals surface area contributed by atoms with E-state index >= 15 is 0 Å². The number of nitrogens with zero attached hydrogens (tertiary/aromatic N) is 4. The molecule has 2 fully saturated rings. The van der Waals surface area contributed by atoms with E-state index < -0.39 is 5.91 Å². The van der Waals surface area contributed by atoms with Gasteiger partial charge < -0.3 is 19.9 Å². The fraction of sp³-hybridized carbons (Fsp3) is 0.407. The maximum Gasteiger partial charge on any atom is 0.300 e. The van der Waals surface area contributed by atoms with Crippen LogP contribution in [-0.4, -0.2) is 61.1 Å². The molecule has 8 nitrogen and oxygen atoms in total. The fourth-order valence-corrected chi connectivity index (χ4v) is 4.53. The number of anilines is 2. The summed E-state index contributed by atoms with van der Waals surface area (Å²) in [6.07, 6.45) is 7.65. The highest BCUT2D eigenvalue weighted by atomic mass is 16.5. The number of nitriles is 1. The first kappa shape index (κ1) is 24.3. The molecule has 1 unspecified atom stereocenters. The van der Waals surface area contributed by atoms with E-state index in [-0.39, 0.29) is 11.9 Å². The molecule has 2 aromatic rings. The average Bonchev–Trinajstić information content (AvgIpc) is 3.72. The highest BCUT2D eigenvalue weighted by Crippen LogP contribution is 2.45. The van der Waals surface area contributed by atoms with Gasteiger partial charge in [-0.25, -0.2) is 4.98 Å². The zero-order valence-electron chi connectivity index (χ0n) is 20.1. The number of rotatable bonds is 7. The van der Waals surface area contributed by atoms with Crippen LogP contribution in [0.3, 0.4) is 0 Å². The number of hydrogen-bond acceptors (Lipinski definition) is 6. The molecular formula is C27H29N5O3. The lowest BCUT2D eigenvalue weighted by atomic mass is 9.98. The lowest BCUT2D eigenvalue weighted by Crippen LogP contribution is -2.54. The second-order valence-corrected chi connectivity index (χ2v) is 8.98. The summed E-state index contributed by atoms with van der Waals surface area (Å²) < 4.78 is 5.05. The first-order chi connectivity index (χ1) is 16.9. The second-order valence-electron chi connectivity index (χ2n) is 8.98. The maximum atomic E-state index is 12.5. The van der Waals surface area contributed by atoms with Crippen LogP contribution in [0.1, 0.15) is 43.4 Å². The van der Waals surface area contributed by atoms with Crippen LogP contribution < -0.4 is 10.2 Å². The van der Waals surface area contributed by atoms with Crippen LogP contribution in [0.15, 0.2) is 30.3 Å². The van der Waals surface area contributed by atoms with Crippen molar-refractivity contribution in [1.82, 2.24) is 9.88 Å². The Bertz CT molecular complexity index is 1210. The Balaban J connectivity index is 1.63. The number of amides is 2. The van der Waals surface area contributed by atoms with Gasteiger partial charge >= 0.3 is 0 Å². The Morgan fingerprint density at radius 2 is 2.09 bits per heavy atom. The maximum absolute atomic E-state index is 12.5. The highest BCUT2D eigenvalue weighted by molar-refractivity contribution is 6.03. The Labute approximate surface area is 205 Å². The topological polar surface area (TPSA) is 98.6 Å². The van der Waals surface area contributed by atoms with Gasteiger partial charge in [0.2, 0.25) is 5.91 Å². The first-order valence-corrected chi connectivity index (χ1v) is 11.8. The molecule has 35 heavy (non-hydrogen) atoms. The molecule has 1 N–H and O–H groups in total.